The van der Waals surface area contributed by atoms with Gasteiger partial charge in [0.25, 0.3) is 11.8 Å². The Morgan fingerprint density at radius 1 is 1.21 bits per heavy atom. The number of rotatable bonds is 6. The molecule has 1 fully saturated rings. The van der Waals surface area contributed by atoms with Crippen LogP contribution in [0.2, 0.25) is 0 Å². The van der Waals surface area contributed by atoms with E-state index in [4.69, 9.17) is 9.57 Å². The lowest BCUT2D eigenvalue weighted by molar-refractivity contribution is -0.188. The maximum atomic E-state index is 11.2. The zero-order valence-corrected chi connectivity index (χ0v) is 10.8. The maximum absolute atomic E-state index is 11.2. The number of hydroxylamine groups is 2. The quantitative estimate of drug-likeness (QED) is 0.571. The number of aromatic nitrogens is 1. The number of ether oxygens (including phenoxy) is 1. The Morgan fingerprint density at radius 3 is 2.58 bits per heavy atom. The highest BCUT2D eigenvalue weighted by Crippen LogP contribution is 2.12. The maximum Gasteiger partial charge on any atom is 0.253 e. The van der Waals surface area contributed by atoms with Crippen molar-refractivity contribution in [2.45, 2.75) is 26.2 Å². The molecule has 19 heavy (non-hydrogen) atoms. The molecule has 0 bridgehead atoms. The summed E-state index contributed by atoms with van der Waals surface area (Å²) < 4.78 is 5.40. The fourth-order valence-electron chi connectivity index (χ4n) is 1.63. The van der Waals surface area contributed by atoms with E-state index in [9.17, 15) is 9.59 Å². The number of amides is 2. The molecule has 2 rings (SSSR count). The highest BCUT2D eigenvalue weighted by molar-refractivity contribution is 6.00. The summed E-state index contributed by atoms with van der Waals surface area (Å²) in [6, 6.07) is 3.71. The van der Waals surface area contributed by atoms with Crippen molar-refractivity contribution in [2.75, 3.05) is 13.2 Å². The van der Waals surface area contributed by atoms with Crippen molar-refractivity contribution < 1.29 is 19.2 Å². The molecule has 1 aromatic rings. The first-order valence-corrected chi connectivity index (χ1v) is 6.21. The van der Waals surface area contributed by atoms with E-state index in [0.29, 0.717) is 18.9 Å². The van der Waals surface area contributed by atoms with Gasteiger partial charge in [-0.15, -0.1) is 0 Å². The lowest BCUT2D eigenvalue weighted by Gasteiger charge is -2.13. The lowest BCUT2D eigenvalue weighted by Crippen LogP contribution is -2.30. The van der Waals surface area contributed by atoms with Gasteiger partial charge in [-0.3, -0.25) is 14.4 Å². The monoisotopic (exact) mass is 264 g/mol. The molecule has 0 aliphatic carbocycles. The largest absolute Gasteiger partial charge is 0.478 e. The van der Waals surface area contributed by atoms with Crippen LogP contribution >= 0.6 is 0 Å². The van der Waals surface area contributed by atoms with Gasteiger partial charge < -0.3 is 4.74 Å². The third-order valence-corrected chi connectivity index (χ3v) is 2.65. The molecule has 0 atom stereocenters. The minimum Gasteiger partial charge on any atom is -0.478 e. The second kappa shape index (κ2) is 6.29. The van der Waals surface area contributed by atoms with Crippen LogP contribution in [0.25, 0.3) is 0 Å². The molecule has 1 aromatic heterocycles. The first-order chi connectivity index (χ1) is 9.16. The average Bonchev–Trinajstić information content (AvgIpc) is 2.72. The SMILES string of the molecule is Cc1ccc(OCCCON2C(=O)CCC2=O)nc1. The molecular formula is C13H16N2O4. The molecule has 0 aromatic carbocycles. The highest BCUT2D eigenvalue weighted by Gasteiger charge is 2.29. The Hall–Kier alpha value is -1.95. The van der Waals surface area contributed by atoms with E-state index in [1.165, 1.54) is 0 Å². The molecule has 2 amide bonds. The van der Waals surface area contributed by atoms with Gasteiger partial charge in [-0.2, -0.15) is 5.06 Å². The first-order valence-electron chi connectivity index (χ1n) is 6.21. The van der Waals surface area contributed by atoms with Crippen molar-refractivity contribution >= 4 is 11.8 Å². The zero-order chi connectivity index (χ0) is 13.7. The van der Waals surface area contributed by atoms with Crippen molar-refractivity contribution in [2.24, 2.45) is 0 Å². The molecule has 0 radical (unpaired) electrons. The summed E-state index contributed by atoms with van der Waals surface area (Å²) in [7, 11) is 0. The van der Waals surface area contributed by atoms with Crippen LogP contribution in [0, 0.1) is 6.92 Å². The van der Waals surface area contributed by atoms with Crippen molar-refractivity contribution in [3.05, 3.63) is 23.9 Å². The van der Waals surface area contributed by atoms with Gasteiger partial charge in [-0.1, -0.05) is 6.07 Å². The van der Waals surface area contributed by atoms with Crippen LogP contribution in [0.3, 0.4) is 0 Å². The molecule has 2 heterocycles. The number of carbonyl (C=O) groups is 2. The molecule has 1 saturated heterocycles. The van der Waals surface area contributed by atoms with Crippen molar-refractivity contribution in [1.82, 2.24) is 10.0 Å². The predicted octanol–water partition coefficient (Wildman–Crippen LogP) is 1.24. The van der Waals surface area contributed by atoms with Crippen LogP contribution in [-0.4, -0.2) is 35.1 Å². The number of nitrogens with zero attached hydrogens (tertiary/aromatic N) is 2. The molecule has 1 aliphatic rings. The molecule has 6 heteroatoms. The van der Waals surface area contributed by atoms with Crippen LogP contribution in [0.4, 0.5) is 0 Å². The van der Waals surface area contributed by atoms with E-state index in [2.05, 4.69) is 4.98 Å². The number of pyridine rings is 1. The van der Waals surface area contributed by atoms with Gasteiger partial charge in [0, 0.05) is 31.5 Å². The number of aryl methyl sites for hydroxylation is 1. The van der Waals surface area contributed by atoms with Gasteiger partial charge in [0.1, 0.15) is 0 Å². The van der Waals surface area contributed by atoms with Gasteiger partial charge in [0.15, 0.2) is 0 Å². The van der Waals surface area contributed by atoms with Crippen LogP contribution in [-0.2, 0) is 14.4 Å². The number of hydrogen-bond donors (Lipinski definition) is 0. The van der Waals surface area contributed by atoms with Crippen LogP contribution < -0.4 is 4.74 Å². The Bertz CT molecular complexity index is 442. The topological polar surface area (TPSA) is 68.7 Å². The third-order valence-electron chi connectivity index (χ3n) is 2.65. The Morgan fingerprint density at radius 2 is 1.95 bits per heavy atom. The Kier molecular flexibility index (Phi) is 4.46. The van der Waals surface area contributed by atoms with Gasteiger partial charge in [-0.25, -0.2) is 4.98 Å². The van der Waals surface area contributed by atoms with E-state index in [1.54, 1.807) is 12.3 Å². The highest BCUT2D eigenvalue weighted by atomic mass is 16.7. The number of carbonyl (C=O) groups excluding carboxylic acids is 2. The van der Waals surface area contributed by atoms with Gasteiger partial charge >= 0.3 is 0 Å². The molecule has 0 N–H and O–H groups in total. The molecule has 1 aliphatic heterocycles. The number of imide groups is 1. The van der Waals surface area contributed by atoms with Gasteiger partial charge in [0.2, 0.25) is 5.88 Å². The molecule has 0 unspecified atom stereocenters. The summed E-state index contributed by atoms with van der Waals surface area (Å²) in [5.74, 6) is 0.0103. The van der Waals surface area contributed by atoms with Gasteiger partial charge in [-0.05, 0) is 12.5 Å². The van der Waals surface area contributed by atoms with E-state index < -0.39 is 0 Å². The smallest absolute Gasteiger partial charge is 0.253 e. The molecule has 102 valence electrons. The summed E-state index contributed by atoms with van der Waals surface area (Å²) in [5, 5.41) is 0.851. The fraction of sp³-hybridized carbons (Fsp3) is 0.462. The Balaban J connectivity index is 1.63. The predicted molar refractivity (Wildman–Crippen MR) is 66.1 cm³/mol. The Labute approximate surface area is 111 Å². The number of hydrogen-bond acceptors (Lipinski definition) is 5. The van der Waals surface area contributed by atoms with Crippen molar-refractivity contribution in [3.63, 3.8) is 0 Å². The molecule has 0 saturated carbocycles. The summed E-state index contributed by atoms with van der Waals surface area (Å²) in [6.45, 7) is 2.64. The summed E-state index contributed by atoms with van der Waals surface area (Å²) in [4.78, 5) is 31.7. The van der Waals surface area contributed by atoms with E-state index in [1.807, 2.05) is 13.0 Å². The van der Waals surface area contributed by atoms with Crippen molar-refractivity contribution in [3.8, 4) is 5.88 Å². The van der Waals surface area contributed by atoms with Crippen LogP contribution in [0.1, 0.15) is 24.8 Å². The summed E-state index contributed by atoms with van der Waals surface area (Å²) in [5.41, 5.74) is 1.07. The second-order valence-electron chi connectivity index (χ2n) is 4.29. The fourth-order valence-corrected chi connectivity index (χ4v) is 1.63. The van der Waals surface area contributed by atoms with E-state index in [0.717, 1.165) is 10.6 Å². The first kappa shape index (κ1) is 13.5. The molecular weight excluding hydrogens is 248 g/mol. The second-order valence-corrected chi connectivity index (χ2v) is 4.29. The lowest BCUT2D eigenvalue weighted by atomic mass is 10.3. The van der Waals surface area contributed by atoms with Gasteiger partial charge in [0.05, 0.1) is 13.2 Å². The van der Waals surface area contributed by atoms with E-state index in [-0.39, 0.29) is 31.3 Å². The minimum atomic E-state index is -0.272. The summed E-state index contributed by atoms with van der Waals surface area (Å²) >= 11 is 0. The molecule has 0 spiro atoms. The molecule has 6 nitrogen and oxygen atoms in total. The summed E-state index contributed by atoms with van der Waals surface area (Å²) in [6.07, 6.45) is 2.78. The third kappa shape index (κ3) is 3.75. The average molecular weight is 264 g/mol. The standard InChI is InChI=1S/C13H16N2O4/c1-10-3-4-11(14-9-10)18-7-2-8-19-15-12(16)5-6-13(15)17/h3-4,9H,2,5-8H2,1H3. The van der Waals surface area contributed by atoms with Crippen LogP contribution in [0.5, 0.6) is 5.88 Å². The van der Waals surface area contributed by atoms with E-state index >= 15 is 0 Å². The zero-order valence-electron chi connectivity index (χ0n) is 10.8. The van der Waals surface area contributed by atoms with Crippen molar-refractivity contribution in [1.29, 1.82) is 0 Å². The van der Waals surface area contributed by atoms with Crippen LogP contribution in [0.15, 0.2) is 18.3 Å². The normalized spacial score (nSPS) is 15.1. The minimum absolute atomic E-state index is 0.239.